The van der Waals surface area contributed by atoms with Gasteiger partial charge in [-0.25, -0.2) is 0 Å². The molecular weight excluding hydrogens is 138 g/mol. The number of nitrogens with two attached hydrogens (primary N) is 1. The van der Waals surface area contributed by atoms with Gasteiger partial charge in [-0.15, -0.1) is 24.0 Å². The van der Waals surface area contributed by atoms with E-state index in [0.29, 0.717) is 0 Å². The molecule has 0 bridgehead atoms. The highest BCUT2D eigenvalue weighted by molar-refractivity contribution is 7.82. The maximum atomic E-state index is 4.50. The van der Waals surface area contributed by atoms with Gasteiger partial charge in [0, 0.05) is 0 Å². The van der Waals surface area contributed by atoms with Gasteiger partial charge >= 0.3 is 0 Å². The van der Waals surface area contributed by atoms with Crippen molar-refractivity contribution >= 4 is 24.0 Å². The van der Waals surface area contributed by atoms with Gasteiger partial charge in [-0.2, -0.15) is 0 Å². The Morgan fingerprint density at radius 3 is 2.38 bits per heavy atom. The molecule has 0 amide bonds. The fourth-order valence-corrected chi connectivity index (χ4v) is 0.992. The van der Waals surface area contributed by atoms with E-state index in [9.17, 15) is 0 Å². The van der Waals surface area contributed by atoms with Gasteiger partial charge in [0.25, 0.3) is 0 Å². The first-order valence-electron chi connectivity index (χ1n) is 2.20. The molecule has 2 N–H and O–H groups in total. The van der Waals surface area contributed by atoms with E-state index < -0.39 is 0 Å². The summed E-state index contributed by atoms with van der Waals surface area (Å²) in [6.07, 6.45) is 0. The molecule has 46 valence electrons. The molecule has 1 aromatic heterocycles. The molecule has 0 saturated carbocycles. The largest absolute Gasteiger partial charge is 0.333 e. The molecule has 1 aromatic rings. The van der Waals surface area contributed by atoms with Crippen molar-refractivity contribution in [2.75, 3.05) is 7.05 Å². The number of hydrogen-bond donors (Lipinski definition) is 2. The third kappa shape index (κ3) is 3.07. The molecule has 1 heterocycles. The molecular formula is C5H9NS2. The van der Waals surface area contributed by atoms with Crippen molar-refractivity contribution in [3.8, 4) is 0 Å². The lowest BCUT2D eigenvalue weighted by molar-refractivity contribution is 1.48. The second-order valence-corrected chi connectivity index (χ2v) is 2.68. The number of hydrogen-bond acceptors (Lipinski definition) is 3. The highest BCUT2D eigenvalue weighted by atomic mass is 32.2. The zero-order valence-electron chi connectivity index (χ0n) is 4.66. The summed E-state index contributed by atoms with van der Waals surface area (Å²) in [5.74, 6) is 0. The Kier molecular flexibility index (Phi) is 5.16. The third-order valence-corrected chi connectivity index (χ3v) is 1.64. The van der Waals surface area contributed by atoms with E-state index in [1.54, 1.807) is 11.3 Å². The van der Waals surface area contributed by atoms with Crippen molar-refractivity contribution in [1.82, 2.24) is 0 Å². The van der Waals surface area contributed by atoms with Gasteiger partial charge < -0.3 is 5.73 Å². The summed E-state index contributed by atoms with van der Waals surface area (Å²) in [5, 5.41) is 2.00. The zero-order valence-corrected chi connectivity index (χ0v) is 6.38. The number of thiol groups is 1. The average Bonchev–Trinajstić information content (AvgIpc) is 2.24. The van der Waals surface area contributed by atoms with Crippen molar-refractivity contribution in [1.29, 1.82) is 0 Å². The second-order valence-electron chi connectivity index (χ2n) is 0.951. The minimum atomic E-state index is 1.08. The fourth-order valence-electron chi connectivity index (χ4n) is 0.270. The van der Waals surface area contributed by atoms with Crippen LogP contribution in [0.2, 0.25) is 0 Å². The summed E-state index contributed by atoms with van der Waals surface area (Å²) in [5.41, 5.74) is 4.50. The zero-order chi connectivity index (χ0) is 6.41. The fraction of sp³-hybridized carbons (Fsp3) is 0.200. The van der Waals surface area contributed by atoms with Crippen molar-refractivity contribution in [3.63, 3.8) is 0 Å². The van der Waals surface area contributed by atoms with Crippen LogP contribution >= 0.6 is 24.0 Å². The molecule has 3 heteroatoms. The molecule has 0 aliphatic rings. The molecule has 0 radical (unpaired) electrons. The molecule has 1 nitrogen and oxygen atoms in total. The van der Waals surface area contributed by atoms with Crippen LogP contribution in [0.5, 0.6) is 0 Å². The monoisotopic (exact) mass is 147 g/mol. The van der Waals surface area contributed by atoms with Gasteiger partial charge in [-0.05, 0) is 18.5 Å². The lowest BCUT2D eigenvalue weighted by Crippen LogP contribution is -1.69. The Morgan fingerprint density at radius 1 is 1.62 bits per heavy atom. The van der Waals surface area contributed by atoms with Crippen LogP contribution < -0.4 is 5.73 Å². The van der Waals surface area contributed by atoms with E-state index >= 15 is 0 Å². The van der Waals surface area contributed by atoms with Crippen LogP contribution in [0.1, 0.15) is 0 Å². The first kappa shape index (κ1) is 8.01. The van der Waals surface area contributed by atoms with E-state index in [1.807, 2.05) is 17.5 Å². The van der Waals surface area contributed by atoms with Crippen LogP contribution in [0, 0.1) is 0 Å². The van der Waals surface area contributed by atoms with Crippen LogP contribution in [0.4, 0.5) is 0 Å². The van der Waals surface area contributed by atoms with Crippen LogP contribution in [-0.4, -0.2) is 7.05 Å². The van der Waals surface area contributed by atoms with Crippen LogP contribution in [0.15, 0.2) is 21.7 Å². The molecule has 0 aliphatic heterocycles. The maximum absolute atomic E-state index is 4.50. The molecule has 1 rings (SSSR count). The van der Waals surface area contributed by atoms with Gasteiger partial charge in [-0.1, -0.05) is 6.07 Å². The number of thiophene rings is 1. The molecule has 0 aliphatic carbocycles. The molecule has 0 aromatic carbocycles. The molecule has 8 heavy (non-hydrogen) atoms. The normalized spacial score (nSPS) is 7.38. The minimum absolute atomic E-state index is 1.08. The van der Waals surface area contributed by atoms with Gasteiger partial charge in [0.2, 0.25) is 0 Å². The summed E-state index contributed by atoms with van der Waals surface area (Å²) >= 11 is 5.70. The van der Waals surface area contributed by atoms with Gasteiger partial charge in [-0.3, -0.25) is 0 Å². The highest BCUT2D eigenvalue weighted by Crippen LogP contribution is 2.11. The van der Waals surface area contributed by atoms with Gasteiger partial charge in [0.05, 0.1) is 4.21 Å². The van der Waals surface area contributed by atoms with E-state index in [1.165, 1.54) is 7.05 Å². The van der Waals surface area contributed by atoms with Crippen LogP contribution in [-0.2, 0) is 0 Å². The predicted octanol–water partition coefficient (Wildman–Crippen LogP) is 1.61. The smallest absolute Gasteiger partial charge is 0.0567 e. The van der Waals surface area contributed by atoms with E-state index in [4.69, 9.17) is 0 Å². The summed E-state index contributed by atoms with van der Waals surface area (Å²) in [6.45, 7) is 0. The van der Waals surface area contributed by atoms with Crippen molar-refractivity contribution < 1.29 is 0 Å². The van der Waals surface area contributed by atoms with E-state index in [0.717, 1.165) is 4.21 Å². The lowest BCUT2D eigenvalue weighted by Gasteiger charge is -1.64. The summed E-state index contributed by atoms with van der Waals surface area (Å²) in [6, 6.07) is 3.95. The minimum Gasteiger partial charge on any atom is -0.333 e. The Balaban J connectivity index is 0.000000222. The predicted molar refractivity (Wildman–Crippen MR) is 41.7 cm³/mol. The highest BCUT2D eigenvalue weighted by Gasteiger charge is 1.75. The van der Waals surface area contributed by atoms with Crippen molar-refractivity contribution in [2.45, 2.75) is 4.21 Å². The summed E-state index contributed by atoms with van der Waals surface area (Å²) in [7, 11) is 1.50. The molecule has 0 spiro atoms. The van der Waals surface area contributed by atoms with Crippen LogP contribution in [0.3, 0.4) is 0 Å². The number of rotatable bonds is 0. The average molecular weight is 147 g/mol. The Bertz CT molecular complexity index is 114. The van der Waals surface area contributed by atoms with Crippen LogP contribution in [0.25, 0.3) is 0 Å². The molecule has 0 saturated heterocycles. The Morgan fingerprint density at radius 2 is 2.25 bits per heavy atom. The molecule has 0 unspecified atom stereocenters. The van der Waals surface area contributed by atoms with Gasteiger partial charge in [0.15, 0.2) is 0 Å². The third-order valence-electron chi connectivity index (χ3n) is 0.506. The summed E-state index contributed by atoms with van der Waals surface area (Å²) < 4.78 is 1.08. The second kappa shape index (κ2) is 5.15. The first-order chi connectivity index (χ1) is 3.89. The van der Waals surface area contributed by atoms with Crippen molar-refractivity contribution in [2.24, 2.45) is 5.73 Å². The summed E-state index contributed by atoms with van der Waals surface area (Å²) in [4.78, 5) is 0. The SMILES string of the molecule is CN.Sc1cccs1. The maximum Gasteiger partial charge on any atom is 0.0567 e. The Hall–Kier alpha value is 0.01000. The lowest BCUT2D eigenvalue weighted by atomic mass is 10.7. The standard InChI is InChI=1S/C4H4S2.CH5N/c5-4-2-1-3-6-4;1-2/h1-3,5H;2H2,1H3. The quantitative estimate of drug-likeness (QED) is 0.536. The first-order valence-corrected chi connectivity index (χ1v) is 3.52. The molecule has 0 fully saturated rings. The van der Waals surface area contributed by atoms with E-state index in [2.05, 4.69) is 18.4 Å². The topological polar surface area (TPSA) is 26.0 Å². The Labute approximate surface area is 58.9 Å². The van der Waals surface area contributed by atoms with Gasteiger partial charge in [0.1, 0.15) is 0 Å². The molecule has 0 atom stereocenters. The van der Waals surface area contributed by atoms with Crippen molar-refractivity contribution in [3.05, 3.63) is 17.5 Å². The van der Waals surface area contributed by atoms with E-state index in [-0.39, 0.29) is 0 Å².